The van der Waals surface area contributed by atoms with Crippen LogP contribution in [0.5, 0.6) is 0 Å². The number of hydrogen-bond acceptors (Lipinski definition) is 2. The van der Waals surface area contributed by atoms with Crippen LogP contribution in [0.3, 0.4) is 0 Å². The van der Waals surface area contributed by atoms with Crippen molar-refractivity contribution in [3.63, 3.8) is 0 Å². The first-order valence-electron chi connectivity index (χ1n) is 18.1. The van der Waals surface area contributed by atoms with Crippen LogP contribution < -0.4 is 0 Å². The van der Waals surface area contributed by atoms with E-state index in [1.165, 1.54) is 54.8 Å². The topological polar surface area (TPSA) is 30.7 Å². The van der Waals surface area contributed by atoms with Crippen molar-refractivity contribution in [1.82, 2.24) is 14.5 Å². The summed E-state index contributed by atoms with van der Waals surface area (Å²) in [7, 11) is 0. The zero-order valence-corrected chi connectivity index (χ0v) is 28.7. The molecule has 53 heavy (non-hydrogen) atoms. The molecule has 8 aromatic carbocycles. The highest BCUT2D eigenvalue weighted by Crippen LogP contribution is 2.52. The van der Waals surface area contributed by atoms with Crippen LogP contribution in [0, 0.1) is 0 Å². The van der Waals surface area contributed by atoms with Gasteiger partial charge in [0.05, 0.1) is 22.4 Å². The highest BCUT2D eigenvalue weighted by Gasteiger charge is 2.26. The molecule has 0 saturated heterocycles. The predicted octanol–water partition coefficient (Wildman–Crippen LogP) is 13.0. The summed E-state index contributed by atoms with van der Waals surface area (Å²) in [6.45, 7) is 0. The Morgan fingerprint density at radius 3 is 1.81 bits per heavy atom. The quantitative estimate of drug-likeness (QED) is 0.182. The van der Waals surface area contributed by atoms with Crippen molar-refractivity contribution in [1.29, 1.82) is 0 Å². The van der Waals surface area contributed by atoms with Crippen molar-refractivity contribution in [2.45, 2.75) is 0 Å². The van der Waals surface area contributed by atoms with Crippen molar-refractivity contribution in [2.24, 2.45) is 0 Å². The molecule has 0 fully saturated rings. The second-order valence-corrected chi connectivity index (χ2v) is 13.7. The fourth-order valence-electron chi connectivity index (χ4n) is 8.40. The molecule has 10 aromatic rings. The lowest BCUT2D eigenvalue weighted by atomic mass is 9.96. The molecule has 246 valence electrons. The maximum atomic E-state index is 5.17. The highest BCUT2D eigenvalue weighted by atomic mass is 15.0. The number of para-hydroxylation sites is 1. The van der Waals surface area contributed by atoms with Gasteiger partial charge >= 0.3 is 0 Å². The Morgan fingerprint density at radius 1 is 0.377 bits per heavy atom. The van der Waals surface area contributed by atoms with Gasteiger partial charge in [-0.3, -0.25) is 0 Å². The molecule has 3 heteroatoms. The third-order valence-corrected chi connectivity index (χ3v) is 10.8. The molecular weight excluding hydrogens is 643 g/mol. The number of nitrogens with zero attached hydrogens (tertiary/aromatic N) is 3. The molecule has 0 N–H and O–H groups in total. The second-order valence-electron chi connectivity index (χ2n) is 13.7. The van der Waals surface area contributed by atoms with E-state index in [4.69, 9.17) is 9.97 Å². The van der Waals surface area contributed by atoms with Crippen LogP contribution in [0.2, 0.25) is 0 Å². The highest BCUT2D eigenvalue weighted by molar-refractivity contribution is 6.24. The Kier molecular flexibility index (Phi) is 6.55. The van der Waals surface area contributed by atoms with E-state index in [0.29, 0.717) is 5.82 Å². The zero-order valence-electron chi connectivity index (χ0n) is 28.7. The Labute approximate surface area is 307 Å². The summed E-state index contributed by atoms with van der Waals surface area (Å²) in [6, 6.07) is 67.1. The van der Waals surface area contributed by atoms with Gasteiger partial charge in [0.15, 0.2) is 5.82 Å². The standard InChI is InChI=1S/C50H31N3/c1-3-13-32(14-4-1)37-19-7-8-20-38(37)45-31-44(51-50(52-45)35-15-5-2-6-16-35)33-25-27-36(28-26-33)53-46-24-10-9-21-39(46)42-30-29-41-40-22-11-17-34-18-12-23-43(47(34)40)48(41)49(42)53/h1-31H. The molecule has 0 aliphatic heterocycles. The van der Waals surface area contributed by atoms with Crippen LogP contribution in [-0.4, -0.2) is 14.5 Å². The first-order valence-corrected chi connectivity index (χ1v) is 18.1. The molecule has 0 bridgehead atoms. The summed E-state index contributed by atoms with van der Waals surface area (Å²) < 4.78 is 2.45. The summed E-state index contributed by atoms with van der Waals surface area (Å²) in [5.41, 5.74) is 15.9. The molecule has 0 saturated carbocycles. The Hall–Kier alpha value is -7.10. The summed E-state index contributed by atoms with van der Waals surface area (Å²) in [4.78, 5) is 10.3. The number of benzene rings is 8. The normalized spacial score (nSPS) is 11.8. The molecule has 11 rings (SSSR count). The van der Waals surface area contributed by atoms with Gasteiger partial charge in [0.1, 0.15) is 0 Å². The Morgan fingerprint density at radius 2 is 1.02 bits per heavy atom. The third-order valence-electron chi connectivity index (χ3n) is 10.8. The van der Waals surface area contributed by atoms with Gasteiger partial charge in [-0.05, 0) is 62.9 Å². The largest absolute Gasteiger partial charge is 0.309 e. The van der Waals surface area contributed by atoms with Gasteiger partial charge in [0.2, 0.25) is 0 Å². The van der Waals surface area contributed by atoms with E-state index < -0.39 is 0 Å². The molecule has 3 nitrogen and oxygen atoms in total. The number of rotatable bonds is 5. The van der Waals surface area contributed by atoms with Crippen molar-refractivity contribution in [3.8, 4) is 73.0 Å². The van der Waals surface area contributed by atoms with E-state index in [1.54, 1.807) is 0 Å². The molecule has 2 heterocycles. The van der Waals surface area contributed by atoms with Crippen molar-refractivity contribution >= 4 is 32.6 Å². The summed E-state index contributed by atoms with van der Waals surface area (Å²) >= 11 is 0. The van der Waals surface area contributed by atoms with Gasteiger partial charge < -0.3 is 4.57 Å². The number of hydrogen-bond donors (Lipinski definition) is 0. The van der Waals surface area contributed by atoms with Crippen LogP contribution >= 0.6 is 0 Å². The molecule has 0 radical (unpaired) electrons. The zero-order chi connectivity index (χ0) is 34.9. The molecule has 0 amide bonds. The number of fused-ring (bicyclic) bond motifs is 7. The van der Waals surface area contributed by atoms with Gasteiger partial charge in [-0.1, -0.05) is 164 Å². The predicted molar refractivity (Wildman–Crippen MR) is 220 cm³/mol. The van der Waals surface area contributed by atoms with Crippen molar-refractivity contribution in [2.75, 3.05) is 0 Å². The van der Waals surface area contributed by atoms with Gasteiger partial charge in [-0.2, -0.15) is 0 Å². The Balaban J connectivity index is 1.10. The summed E-state index contributed by atoms with van der Waals surface area (Å²) in [5, 5.41) is 5.13. The van der Waals surface area contributed by atoms with E-state index in [9.17, 15) is 0 Å². The van der Waals surface area contributed by atoms with Crippen LogP contribution in [0.25, 0.3) is 106 Å². The monoisotopic (exact) mass is 673 g/mol. The molecule has 1 aliphatic rings. The second kappa shape index (κ2) is 11.7. The lowest BCUT2D eigenvalue weighted by molar-refractivity contribution is 1.17. The molecule has 0 unspecified atom stereocenters. The number of aromatic nitrogens is 3. The molecule has 0 spiro atoms. The van der Waals surface area contributed by atoms with Gasteiger partial charge in [0, 0.05) is 38.7 Å². The van der Waals surface area contributed by atoms with Crippen LogP contribution in [0.4, 0.5) is 0 Å². The van der Waals surface area contributed by atoms with Crippen LogP contribution in [0.1, 0.15) is 0 Å². The minimum Gasteiger partial charge on any atom is -0.309 e. The lowest BCUT2D eigenvalue weighted by Gasteiger charge is -2.14. The minimum absolute atomic E-state index is 0.705. The summed E-state index contributed by atoms with van der Waals surface area (Å²) in [5.74, 6) is 0.705. The minimum atomic E-state index is 0.705. The van der Waals surface area contributed by atoms with E-state index in [1.807, 2.05) is 18.2 Å². The van der Waals surface area contributed by atoms with Gasteiger partial charge in [0.25, 0.3) is 0 Å². The van der Waals surface area contributed by atoms with Gasteiger partial charge in [-0.15, -0.1) is 0 Å². The lowest BCUT2D eigenvalue weighted by Crippen LogP contribution is -1.98. The SMILES string of the molecule is c1ccc(-c2nc(-c3ccc(-n4c5ccccc5c5ccc6c(c54)-c4cccc5cccc-6c45)cc3)cc(-c3ccccc3-c3ccccc3)n2)cc1. The fourth-order valence-corrected chi connectivity index (χ4v) is 8.40. The maximum absolute atomic E-state index is 5.17. The smallest absolute Gasteiger partial charge is 0.160 e. The van der Waals surface area contributed by atoms with Crippen LogP contribution in [0.15, 0.2) is 188 Å². The van der Waals surface area contributed by atoms with E-state index in [2.05, 4.69) is 174 Å². The molecule has 0 atom stereocenters. The maximum Gasteiger partial charge on any atom is 0.160 e. The fraction of sp³-hybridized carbons (Fsp3) is 0. The first-order chi connectivity index (χ1) is 26.3. The Bertz CT molecular complexity index is 3030. The van der Waals surface area contributed by atoms with Crippen LogP contribution in [-0.2, 0) is 0 Å². The molecular formula is C50H31N3. The van der Waals surface area contributed by atoms with E-state index in [-0.39, 0.29) is 0 Å². The van der Waals surface area contributed by atoms with Crippen molar-refractivity contribution in [3.05, 3.63) is 188 Å². The molecule has 1 aliphatic carbocycles. The van der Waals surface area contributed by atoms with E-state index >= 15 is 0 Å². The van der Waals surface area contributed by atoms with Gasteiger partial charge in [-0.25, -0.2) is 9.97 Å². The molecule has 2 aromatic heterocycles. The summed E-state index contributed by atoms with van der Waals surface area (Å²) in [6.07, 6.45) is 0. The van der Waals surface area contributed by atoms with Crippen molar-refractivity contribution < 1.29 is 0 Å². The average molecular weight is 674 g/mol. The first kappa shape index (κ1) is 29.6. The third kappa shape index (κ3) is 4.61. The average Bonchev–Trinajstić information content (AvgIpc) is 3.75. The van der Waals surface area contributed by atoms with E-state index in [0.717, 1.165) is 44.9 Å².